The van der Waals surface area contributed by atoms with Gasteiger partial charge in [0.25, 0.3) is 0 Å². The van der Waals surface area contributed by atoms with E-state index in [-0.39, 0.29) is 0 Å². The van der Waals surface area contributed by atoms with E-state index in [0.717, 1.165) is 6.42 Å². The van der Waals surface area contributed by atoms with Crippen molar-refractivity contribution in [2.45, 2.75) is 77.6 Å². The molecule has 100 valence electrons. The molecule has 0 aliphatic rings. The molecule has 0 spiro atoms. The maximum atomic E-state index is 10.1. The minimum atomic E-state index is -2.19. The third-order valence-electron chi connectivity index (χ3n) is 2.81. The minimum Gasteiger partial charge on any atom is -0.762 e. The first-order valence-electron chi connectivity index (χ1n) is 6.85. The first-order valence-corrected chi connectivity index (χ1v) is 7.92. The Balaban J connectivity index is 3.04. The van der Waals surface area contributed by atoms with E-state index < -0.39 is 11.1 Å². The Hall–Kier alpha value is -0.330. The summed E-state index contributed by atoms with van der Waals surface area (Å²) in [7, 11) is 0. The number of hydrogen-bond acceptors (Lipinski definition) is 2. The molecule has 0 bridgehead atoms. The lowest BCUT2D eigenvalue weighted by Crippen LogP contribution is -1.82. The molecule has 0 aromatic rings. The average Bonchev–Trinajstić information content (AvgIpc) is 2.30. The van der Waals surface area contributed by atoms with Crippen LogP contribution >= 0.6 is 0 Å². The zero-order chi connectivity index (χ0) is 12.8. The first-order chi connectivity index (χ1) is 8.27. The van der Waals surface area contributed by atoms with Crippen LogP contribution in [0.1, 0.15) is 77.6 Å². The van der Waals surface area contributed by atoms with Crippen molar-refractivity contribution >= 4 is 11.1 Å². The van der Waals surface area contributed by atoms with Crippen LogP contribution in [0.25, 0.3) is 0 Å². The van der Waals surface area contributed by atoms with Crippen LogP contribution in [-0.4, -0.2) is 8.76 Å². The van der Waals surface area contributed by atoms with Gasteiger partial charge in [0.1, 0.15) is 0 Å². The van der Waals surface area contributed by atoms with Crippen LogP contribution in [0.2, 0.25) is 0 Å². The van der Waals surface area contributed by atoms with Gasteiger partial charge in [-0.2, -0.15) is 0 Å². The Bertz CT molecular complexity index is 240. The summed E-state index contributed by atoms with van der Waals surface area (Å²) < 4.78 is 20.2. The van der Waals surface area contributed by atoms with E-state index in [2.05, 4.69) is 18.1 Å². The van der Waals surface area contributed by atoms with E-state index in [4.69, 9.17) is 0 Å². The van der Waals surface area contributed by atoms with Crippen molar-refractivity contribution in [1.82, 2.24) is 0 Å². The quantitative estimate of drug-likeness (QED) is 0.335. The summed E-state index contributed by atoms with van der Waals surface area (Å²) in [5.74, 6) is 2.65. The second-order valence-electron chi connectivity index (χ2n) is 4.45. The van der Waals surface area contributed by atoms with Crippen LogP contribution in [-0.2, 0) is 11.1 Å². The Kier molecular flexibility index (Phi) is 13.5. The van der Waals surface area contributed by atoms with Crippen LogP contribution in [0.15, 0.2) is 0 Å². The van der Waals surface area contributed by atoms with Crippen molar-refractivity contribution < 1.29 is 8.76 Å². The van der Waals surface area contributed by atoms with Gasteiger partial charge in [-0.15, -0.1) is 0 Å². The standard InChI is InChI=1S/C14H26O2S/c1-2-3-4-5-6-7-8-9-10-11-12-13-14-17(15)16/h2-12H2,1H3,(H,15,16)/p-1. The molecule has 0 rings (SSSR count). The van der Waals surface area contributed by atoms with Gasteiger partial charge in [-0.05, 0) is 11.7 Å². The molecular formula is C14H25O2S-. The SMILES string of the molecule is CCCCCCCCCCCCC#CS(=O)[O-]. The number of hydrogen-bond donors (Lipinski definition) is 0. The van der Waals surface area contributed by atoms with Gasteiger partial charge in [-0.1, -0.05) is 70.6 Å². The fourth-order valence-corrected chi connectivity index (χ4v) is 2.03. The summed E-state index contributed by atoms with van der Waals surface area (Å²) in [6.45, 7) is 2.24. The normalized spacial score (nSPS) is 11.9. The summed E-state index contributed by atoms with van der Waals surface area (Å²) in [4.78, 5) is 0. The molecule has 0 aliphatic heterocycles. The van der Waals surface area contributed by atoms with Crippen molar-refractivity contribution in [1.29, 1.82) is 0 Å². The van der Waals surface area contributed by atoms with Crippen LogP contribution < -0.4 is 0 Å². The Labute approximate surface area is 109 Å². The highest BCUT2D eigenvalue weighted by molar-refractivity contribution is 7.84. The molecule has 0 saturated carbocycles. The van der Waals surface area contributed by atoms with Crippen molar-refractivity contribution in [2.75, 3.05) is 0 Å². The number of unbranched alkanes of at least 4 members (excludes halogenated alkanes) is 10. The van der Waals surface area contributed by atoms with Crippen LogP contribution in [0.3, 0.4) is 0 Å². The molecule has 0 N–H and O–H groups in total. The van der Waals surface area contributed by atoms with E-state index in [0.29, 0.717) is 6.42 Å². The fourth-order valence-electron chi connectivity index (χ4n) is 1.81. The topological polar surface area (TPSA) is 40.1 Å². The minimum absolute atomic E-state index is 0.713. The molecule has 0 fully saturated rings. The molecule has 0 aromatic carbocycles. The predicted molar refractivity (Wildman–Crippen MR) is 73.2 cm³/mol. The third kappa shape index (κ3) is 15.7. The molecule has 0 saturated heterocycles. The fraction of sp³-hybridized carbons (Fsp3) is 0.857. The van der Waals surface area contributed by atoms with Gasteiger partial charge in [-0.3, -0.25) is 4.21 Å². The molecule has 0 amide bonds. The van der Waals surface area contributed by atoms with Crippen molar-refractivity contribution in [3.05, 3.63) is 0 Å². The Morgan fingerprint density at radius 1 is 0.882 bits per heavy atom. The monoisotopic (exact) mass is 257 g/mol. The lowest BCUT2D eigenvalue weighted by molar-refractivity contribution is 0.548. The average molecular weight is 257 g/mol. The van der Waals surface area contributed by atoms with Crippen LogP contribution in [0.5, 0.6) is 0 Å². The summed E-state index contributed by atoms with van der Waals surface area (Å²) in [6, 6.07) is 0. The lowest BCUT2D eigenvalue weighted by atomic mass is 10.1. The highest BCUT2D eigenvalue weighted by Gasteiger charge is 1.91. The molecule has 0 radical (unpaired) electrons. The van der Waals surface area contributed by atoms with Crippen molar-refractivity contribution in [3.63, 3.8) is 0 Å². The Morgan fingerprint density at radius 3 is 1.82 bits per heavy atom. The summed E-state index contributed by atoms with van der Waals surface area (Å²) >= 11 is -2.19. The van der Waals surface area contributed by atoms with Gasteiger partial charge in [0, 0.05) is 17.5 Å². The zero-order valence-corrected chi connectivity index (χ0v) is 11.8. The van der Waals surface area contributed by atoms with Crippen molar-refractivity contribution in [3.8, 4) is 11.2 Å². The van der Waals surface area contributed by atoms with E-state index >= 15 is 0 Å². The van der Waals surface area contributed by atoms with Gasteiger partial charge in [0.15, 0.2) is 0 Å². The second-order valence-corrected chi connectivity index (χ2v) is 5.12. The molecule has 0 aliphatic carbocycles. The van der Waals surface area contributed by atoms with Crippen molar-refractivity contribution in [2.24, 2.45) is 0 Å². The molecule has 0 heterocycles. The van der Waals surface area contributed by atoms with Gasteiger partial charge in [0.05, 0.1) is 0 Å². The summed E-state index contributed by atoms with van der Waals surface area (Å²) in [5, 5.41) is 2.14. The van der Waals surface area contributed by atoms with Gasteiger partial charge in [-0.25, -0.2) is 0 Å². The smallest absolute Gasteiger partial charge is 0.0247 e. The van der Waals surface area contributed by atoms with E-state index in [9.17, 15) is 8.76 Å². The van der Waals surface area contributed by atoms with Crippen LogP contribution in [0.4, 0.5) is 0 Å². The first kappa shape index (κ1) is 16.7. The second kappa shape index (κ2) is 13.7. The summed E-state index contributed by atoms with van der Waals surface area (Å²) in [5.41, 5.74) is 0. The van der Waals surface area contributed by atoms with E-state index in [1.54, 1.807) is 0 Å². The van der Waals surface area contributed by atoms with Crippen LogP contribution in [0, 0.1) is 11.2 Å². The molecule has 0 aromatic heterocycles. The molecular weight excluding hydrogens is 232 g/mol. The molecule has 2 nitrogen and oxygen atoms in total. The molecule has 1 atom stereocenters. The lowest BCUT2D eigenvalue weighted by Gasteiger charge is -2.00. The van der Waals surface area contributed by atoms with Gasteiger partial charge >= 0.3 is 0 Å². The predicted octanol–water partition coefficient (Wildman–Crippen LogP) is 4.14. The zero-order valence-electron chi connectivity index (χ0n) is 11.0. The maximum Gasteiger partial charge on any atom is 0.0247 e. The highest BCUT2D eigenvalue weighted by atomic mass is 32.2. The molecule has 1 unspecified atom stereocenters. The highest BCUT2D eigenvalue weighted by Crippen LogP contribution is 2.10. The molecule has 3 heteroatoms. The van der Waals surface area contributed by atoms with Gasteiger partial charge in [0.2, 0.25) is 0 Å². The molecule has 17 heavy (non-hydrogen) atoms. The van der Waals surface area contributed by atoms with E-state index in [1.165, 1.54) is 57.8 Å². The van der Waals surface area contributed by atoms with Gasteiger partial charge < -0.3 is 4.55 Å². The largest absolute Gasteiger partial charge is 0.762 e. The summed E-state index contributed by atoms with van der Waals surface area (Å²) in [6.07, 6.45) is 13.7. The van der Waals surface area contributed by atoms with E-state index in [1.807, 2.05) is 0 Å². The Morgan fingerprint density at radius 2 is 1.35 bits per heavy atom. The maximum absolute atomic E-state index is 10.1. The number of rotatable bonds is 10. The third-order valence-corrected chi connectivity index (χ3v) is 3.12.